The van der Waals surface area contributed by atoms with Crippen LogP contribution in [0.3, 0.4) is 0 Å². The molecule has 1 saturated carbocycles. The predicted molar refractivity (Wildman–Crippen MR) is 71.2 cm³/mol. The summed E-state index contributed by atoms with van der Waals surface area (Å²) in [6.45, 7) is 1.66. The Morgan fingerprint density at radius 3 is 2.41 bits per heavy atom. The molecule has 0 spiro atoms. The molecule has 0 heterocycles. The van der Waals surface area contributed by atoms with Crippen LogP contribution in [0.15, 0.2) is 24.3 Å². The smallest absolute Gasteiger partial charge is 0.0559 e. The van der Waals surface area contributed by atoms with E-state index in [0.717, 1.165) is 26.0 Å². The summed E-state index contributed by atoms with van der Waals surface area (Å²) in [6, 6.07) is 9.09. The summed E-state index contributed by atoms with van der Waals surface area (Å²) in [4.78, 5) is 0. The second-order valence-corrected chi connectivity index (χ2v) is 5.16. The molecule has 2 heteroatoms. The maximum Gasteiger partial charge on any atom is 0.0559 e. The standard InChI is InChI=1S/C15H23NO/c1-17-12-15(9-10-15)14-7-5-13(6-8-14)4-2-3-11-16/h5-8H,2-4,9-12,16H2,1H3. The van der Waals surface area contributed by atoms with Crippen LogP contribution in [-0.2, 0) is 16.6 Å². The van der Waals surface area contributed by atoms with Crippen molar-refractivity contribution in [3.05, 3.63) is 35.4 Å². The van der Waals surface area contributed by atoms with E-state index in [0.29, 0.717) is 5.41 Å². The van der Waals surface area contributed by atoms with Gasteiger partial charge in [0, 0.05) is 12.5 Å². The molecule has 2 rings (SSSR count). The number of aryl methyl sites for hydroxylation is 1. The van der Waals surface area contributed by atoms with E-state index in [1.165, 1.54) is 30.4 Å². The van der Waals surface area contributed by atoms with Crippen LogP contribution in [-0.4, -0.2) is 20.3 Å². The maximum absolute atomic E-state index is 5.50. The third kappa shape index (κ3) is 3.08. The van der Waals surface area contributed by atoms with Crippen LogP contribution in [0.25, 0.3) is 0 Å². The minimum absolute atomic E-state index is 0.338. The molecule has 1 fully saturated rings. The molecule has 1 aromatic carbocycles. The Hall–Kier alpha value is -0.860. The van der Waals surface area contributed by atoms with Crippen molar-refractivity contribution in [1.82, 2.24) is 0 Å². The fourth-order valence-electron chi connectivity index (χ4n) is 2.44. The van der Waals surface area contributed by atoms with Gasteiger partial charge in [-0.05, 0) is 49.8 Å². The van der Waals surface area contributed by atoms with Gasteiger partial charge in [-0.15, -0.1) is 0 Å². The van der Waals surface area contributed by atoms with E-state index in [1.807, 2.05) is 0 Å². The van der Waals surface area contributed by atoms with Crippen LogP contribution in [0.5, 0.6) is 0 Å². The Kier molecular flexibility index (Phi) is 4.19. The molecule has 1 aliphatic rings. The molecule has 0 aliphatic heterocycles. The molecule has 0 saturated heterocycles. The highest BCUT2D eigenvalue weighted by atomic mass is 16.5. The third-order valence-electron chi connectivity index (χ3n) is 3.76. The van der Waals surface area contributed by atoms with Crippen LogP contribution >= 0.6 is 0 Å². The van der Waals surface area contributed by atoms with Crippen LogP contribution in [0.1, 0.15) is 36.8 Å². The zero-order valence-electron chi connectivity index (χ0n) is 10.7. The molecule has 0 unspecified atom stereocenters. The van der Waals surface area contributed by atoms with Gasteiger partial charge in [0.15, 0.2) is 0 Å². The largest absolute Gasteiger partial charge is 0.384 e. The monoisotopic (exact) mass is 233 g/mol. The predicted octanol–water partition coefficient (Wildman–Crippen LogP) is 2.65. The highest BCUT2D eigenvalue weighted by Gasteiger charge is 2.44. The maximum atomic E-state index is 5.50. The molecule has 0 amide bonds. The van der Waals surface area contributed by atoms with Gasteiger partial charge in [0.2, 0.25) is 0 Å². The lowest BCUT2D eigenvalue weighted by Gasteiger charge is -2.14. The third-order valence-corrected chi connectivity index (χ3v) is 3.76. The van der Waals surface area contributed by atoms with Gasteiger partial charge in [0.05, 0.1) is 6.61 Å². The summed E-state index contributed by atoms with van der Waals surface area (Å²) in [6.07, 6.45) is 6.00. The molecule has 1 aliphatic carbocycles. The van der Waals surface area contributed by atoms with Gasteiger partial charge in [-0.25, -0.2) is 0 Å². The summed E-state index contributed by atoms with van der Waals surface area (Å²) in [7, 11) is 1.79. The zero-order chi connectivity index (χ0) is 12.1. The van der Waals surface area contributed by atoms with Crippen molar-refractivity contribution in [2.45, 2.75) is 37.5 Å². The number of methoxy groups -OCH3 is 1. The van der Waals surface area contributed by atoms with Gasteiger partial charge in [-0.2, -0.15) is 0 Å². The van der Waals surface area contributed by atoms with E-state index < -0.39 is 0 Å². The lowest BCUT2D eigenvalue weighted by molar-refractivity contribution is 0.171. The van der Waals surface area contributed by atoms with Crippen molar-refractivity contribution in [1.29, 1.82) is 0 Å². The number of rotatable bonds is 7. The quantitative estimate of drug-likeness (QED) is 0.735. The number of unbranched alkanes of at least 4 members (excludes halogenated alkanes) is 1. The molecule has 1 aromatic rings. The summed E-state index contributed by atoms with van der Waals surface area (Å²) in [5.41, 5.74) is 8.71. The van der Waals surface area contributed by atoms with E-state index in [9.17, 15) is 0 Å². The molecule has 2 N–H and O–H groups in total. The SMILES string of the molecule is COCC1(c2ccc(CCCCN)cc2)CC1. The lowest BCUT2D eigenvalue weighted by Crippen LogP contribution is -2.13. The number of benzene rings is 1. The van der Waals surface area contributed by atoms with Crippen LogP contribution in [0.4, 0.5) is 0 Å². The number of hydrogen-bond acceptors (Lipinski definition) is 2. The highest BCUT2D eigenvalue weighted by molar-refractivity contribution is 5.34. The van der Waals surface area contributed by atoms with E-state index in [4.69, 9.17) is 10.5 Å². The van der Waals surface area contributed by atoms with Gasteiger partial charge < -0.3 is 10.5 Å². The number of nitrogens with two attached hydrogens (primary N) is 1. The normalized spacial score (nSPS) is 17.1. The molecule has 0 aromatic heterocycles. The molecular formula is C15H23NO. The topological polar surface area (TPSA) is 35.2 Å². The number of ether oxygens (including phenoxy) is 1. The second kappa shape index (κ2) is 5.65. The Balaban J connectivity index is 1.94. The van der Waals surface area contributed by atoms with Crippen molar-refractivity contribution in [2.75, 3.05) is 20.3 Å². The first-order valence-corrected chi connectivity index (χ1v) is 6.59. The van der Waals surface area contributed by atoms with E-state index in [2.05, 4.69) is 24.3 Å². The first-order chi connectivity index (χ1) is 8.30. The van der Waals surface area contributed by atoms with Crippen molar-refractivity contribution in [3.63, 3.8) is 0 Å². The molecule has 0 bridgehead atoms. The molecule has 2 nitrogen and oxygen atoms in total. The van der Waals surface area contributed by atoms with Gasteiger partial charge in [0.25, 0.3) is 0 Å². The molecule has 17 heavy (non-hydrogen) atoms. The first-order valence-electron chi connectivity index (χ1n) is 6.59. The average Bonchev–Trinajstić information content (AvgIpc) is 3.12. The first kappa shape index (κ1) is 12.6. The minimum atomic E-state index is 0.338. The van der Waals surface area contributed by atoms with Gasteiger partial charge >= 0.3 is 0 Å². The summed E-state index contributed by atoms with van der Waals surface area (Å²) < 4.78 is 5.32. The van der Waals surface area contributed by atoms with Crippen molar-refractivity contribution >= 4 is 0 Å². The fourth-order valence-corrected chi connectivity index (χ4v) is 2.44. The van der Waals surface area contributed by atoms with Crippen LogP contribution < -0.4 is 5.73 Å². The Morgan fingerprint density at radius 1 is 1.18 bits per heavy atom. The minimum Gasteiger partial charge on any atom is -0.384 e. The Morgan fingerprint density at radius 2 is 1.88 bits per heavy atom. The van der Waals surface area contributed by atoms with E-state index >= 15 is 0 Å². The fraction of sp³-hybridized carbons (Fsp3) is 0.600. The second-order valence-electron chi connectivity index (χ2n) is 5.16. The van der Waals surface area contributed by atoms with E-state index in [1.54, 1.807) is 7.11 Å². The Bertz CT molecular complexity index is 340. The van der Waals surface area contributed by atoms with Crippen molar-refractivity contribution in [2.24, 2.45) is 5.73 Å². The summed E-state index contributed by atoms with van der Waals surface area (Å²) in [5.74, 6) is 0. The van der Waals surface area contributed by atoms with Crippen LogP contribution in [0, 0.1) is 0 Å². The van der Waals surface area contributed by atoms with Gasteiger partial charge in [-0.1, -0.05) is 24.3 Å². The van der Waals surface area contributed by atoms with Crippen molar-refractivity contribution in [3.8, 4) is 0 Å². The highest BCUT2D eigenvalue weighted by Crippen LogP contribution is 2.48. The van der Waals surface area contributed by atoms with Gasteiger partial charge in [-0.3, -0.25) is 0 Å². The molecule has 0 radical (unpaired) electrons. The lowest BCUT2D eigenvalue weighted by atomic mass is 9.95. The van der Waals surface area contributed by atoms with E-state index in [-0.39, 0.29) is 0 Å². The average molecular weight is 233 g/mol. The van der Waals surface area contributed by atoms with Crippen molar-refractivity contribution < 1.29 is 4.74 Å². The number of hydrogen-bond donors (Lipinski definition) is 1. The zero-order valence-corrected chi connectivity index (χ0v) is 10.7. The Labute approximate surface area is 104 Å². The van der Waals surface area contributed by atoms with Crippen LogP contribution in [0.2, 0.25) is 0 Å². The molecule has 94 valence electrons. The molecule has 0 atom stereocenters. The summed E-state index contributed by atoms with van der Waals surface area (Å²) >= 11 is 0. The summed E-state index contributed by atoms with van der Waals surface area (Å²) in [5, 5.41) is 0. The molecular weight excluding hydrogens is 210 g/mol. The van der Waals surface area contributed by atoms with Gasteiger partial charge in [0.1, 0.15) is 0 Å².